The summed E-state index contributed by atoms with van der Waals surface area (Å²) >= 11 is 0. The number of hydrogen-bond acceptors (Lipinski definition) is 4. The van der Waals surface area contributed by atoms with E-state index < -0.39 is 5.97 Å². The molecule has 1 atom stereocenters. The average Bonchev–Trinajstić information content (AvgIpc) is 2.18. The van der Waals surface area contributed by atoms with Crippen LogP contribution in [0.4, 0.5) is 0 Å². The van der Waals surface area contributed by atoms with Gasteiger partial charge in [0.2, 0.25) is 0 Å². The van der Waals surface area contributed by atoms with Crippen LogP contribution in [0, 0.1) is 0 Å². The molecule has 0 aliphatic carbocycles. The zero-order chi connectivity index (χ0) is 9.68. The van der Waals surface area contributed by atoms with Crippen molar-refractivity contribution in [2.24, 2.45) is 0 Å². The second kappa shape index (κ2) is 4.99. The number of carbonyl (C=O) groups excluding carboxylic acids is 1. The molecule has 0 N–H and O–H groups in total. The molecule has 1 unspecified atom stereocenters. The molecule has 4 nitrogen and oxygen atoms in total. The summed E-state index contributed by atoms with van der Waals surface area (Å²) in [5.41, 5.74) is 0. The number of likely N-dealkylation sites (N-methyl/N-ethyl adjacent to an activating group) is 1. The van der Waals surface area contributed by atoms with Crippen molar-refractivity contribution in [1.29, 1.82) is 0 Å². The van der Waals surface area contributed by atoms with Crippen molar-refractivity contribution < 1.29 is 14.3 Å². The lowest BCUT2D eigenvalue weighted by Gasteiger charge is -2.33. The van der Waals surface area contributed by atoms with E-state index in [1.54, 1.807) is 0 Å². The van der Waals surface area contributed by atoms with Gasteiger partial charge in [0.1, 0.15) is 0 Å². The lowest BCUT2D eigenvalue weighted by molar-refractivity contribution is -0.169. The second-order valence-corrected chi connectivity index (χ2v) is 2.80. The first kappa shape index (κ1) is 10.2. The highest BCUT2D eigenvalue weighted by molar-refractivity contribution is 5.81. The molecule has 1 saturated heterocycles. The van der Waals surface area contributed by atoms with Gasteiger partial charge in [-0.05, 0) is 6.54 Å². The second-order valence-electron chi connectivity index (χ2n) is 2.80. The first-order valence-electron chi connectivity index (χ1n) is 4.42. The van der Waals surface area contributed by atoms with Crippen molar-refractivity contribution in [3.8, 4) is 0 Å². The highest BCUT2D eigenvalue weighted by atomic mass is 16.6. The van der Waals surface area contributed by atoms with Gasteiger partial charge in [-0.1, -0.05) is 13.5 Å². The van der Waals surface area contributed by atoms with Crippen LogP contribution in [0.2, 0.25) is 0 Å². The summed E-state index contributed by atoms with van der Waals surface area (Å²) in [7, 11) is 0. The minimum Gasteiger partial charge on any atom is -0.441 e. The van der Waals surface area contributed by atoms with Crippen molar-refractivity contribution in [2.45, 2.75) is 13.2 Å². The fraction of sp³-hybridized carbons (Fsp3) is 0.667. The molecule has 0 radical (unpaired) electrons. The molecule has 1 rings (SSSR count). The highest BCUT2D eigenvalue weighted by Gasteiger charge is 2.23. The van der Waals surface area contributed by atoms with Crippen LogP contribution >= 0.6 is 0 Å². The number of hydrogen-bond donors (Lipinski definition) is 0. The monoisotopic (exact) mass is 185 g/mol. The molecule has 4 heteroatoms. The zero-order valence-corrected chi connectivity index (χ0v) is 7.86. The zero-order valence-electron chi connectivity index (χ0n) is 7.86. The van der Waals surface area contributed by atoms with Crippen LogP contribution in [0.15, 0.2) is 12.7 Å². The number of carbonyl (C=O) groups is 1. The van der Waals surface area contributed by atoms with Gasteiger partial charge in [0.15, 0.2) is 6.23 Å². The van der Waals surface area contributed by atoms with E-state index in [0.29, 0.717) is 13.2 Å². The van der Waals surface area contributed by atoms with Crippen LogP contribution in [-0.4, -0.2) is 43.4 Å². The number of esters is 1. The smallest absolute Gasteiger partial charge is 0.331 e. The number of nitrogens with zero attached hydrogens (tertiary/aromatic N) is 1. The highest BCUT2D eigenvalue weighted by Crippen LogP contribution is 2.07. The largest absolute Gasteiger partial charge is 0.441 e. The van der Waals surface area contributed by atoms with E-state index in [4.69, 9.17) is 9.47 Å². The Bertz CT molecular complexity index is 193. The van der Waals surface area contributed by atoms with Gasteiger partial charge in [0, 0.05) is 12.6 Å². The van der Waals surface area contributed by atoms with Crippen LogP contribution in [-0.2, 0) is 14.3 Å². The molecule has 1 heterocycles. The SMILES string of the molecule is C=CC(=O)OC1COCCN1CC. The topological polar surface area (TPSA) is 38.8 Å². The van der Waals surface area contributed by atoms with Crippen molar-refractivity contribution >= 4 is 5.97 Å². The molecule has 0 spiro atoms. The van der Waals surface area contributed by atoms with Gasteiger partial charge in [0.25, 0.3) is 0 Å². The number of ether oxygens (including phenoxy) is 2. The molecule has 1 fully saturated rings. The quantitative estimate of drug-likeness (QED) is 0.471. The van der Waals surface area contributed by atoms with E-state index in [1.165, 1.54) is 6.08 Å². The maximum atomic E-state index is 10.9. The van der Waals surface area contributed by atoms with Gasteiger partial charge >= 0.3 is 5.97 Å². The standard InChI is InChI=1S/C9H15NO3/c1-3-9(11)13-8-7-12-6-5-10(8)4-2/h3,8H,1,4-7H2,2H3. The summed E-state index contributed by atoms with van der Waals surface area (Å²) < 4.78 is 10.3. The van der Waals surface area contributed by atoms with Crippen LogP contribution in [0.3, 0.4) is 0 Å². The van der Waals surface area contributed by atoms with E-state index in [0.717, 1.165) is 13.1 Å². The van der Waals surface area contributed by atoms with E-state index in [1.807, 2.05) is 6.92 Å². The molecule has 74 valence electrons. The lowest BCUT2D eigenvalue weighted by Crippen LogP contribution is -2.47. The molecule has 0 aromatic rings. The molecule has 0 amide bonds. The van der Waals surface area contributed by atoms with Crippen molar-refractivity contribution in [1.82, 2.24) is 4.90 Å². The first-order chi connectivity index (χ1) is 6.27. The van der Waals surface area contributed by atoms with Crippen LogP contribution in [0.5, 0.6) is 0 Å². The average molecular weight is 185 g/mol. The third-order valence-electron chi connectivity index (χ3n) is 2.02. The normalized spacial score (nSPS) is 23.9. The first-order valence-corrected chi connectivity index (χ1v) is 4.42. The Hall–Kier alpha value is -0.870. The van der Waals surface area contributed by atoms with Gasteiger partial charge in [-0.15, -0.1) is 0 Å². The summed E-state index contributed by atoms with van der Waals surface area (Å²) in [6.07, 6.45) is 0.923. The molecule has 0 aromatic heterocycles. The predicted molar refractivity (Wildman–Crippen MR) is 48.1 cm³/mol. The van der Waals surface area contributed by atoms with Crippen molar-refractivity contribution in [2.75, 3.05) is 26.3 Å². The Morgan fingerprint density at radius 1 is 1.85 bits per heavy atom. The Kier molecular flexibility index (Phi) is 3.92. The molecular weight excluding hydrogens is 170 g/mol. The summed E-state index contributed by atoms with van der Waals surface area (Å²) in [6, 6.07) is 0. The van der Waals surface area contributed by atoms with Gasteiger partial charge in [-0.3, -0.25) is 4.90 Å². The van der Waals surface area contributed by atoms with Crippen LogP contribution < -0.4 is 0 Å². The van der Waals surface area contributed by atoms with Gasteiger partial charge in [0.05, 0.1) is 13.2 Å². The molecular formula is C9H15NO3. The molecule has 0 saturated carbocycles. The molecule has 13 heavy (non-hydrogen) atoms. The van der Waals surface area contributed by atoms with Gasteiger partial charge < -0.3 is 9.47 Å². The Morgan fingerprint density at radius 3 is 3.23 bits per heavy atom. The summed E-state index contributed by atoms with van der Waals surface area (Å²) in [6.45, 7) is 8.20. The lowest BCUT2D eigenvalue weighted by atomic mass is 10.4. The maximum Gasteiger partial charge on any atom is 0.331 e. The minimum atomic E-state index is -0.394. The summed E-state index contributed by atoms with van der Waals surface area (Å²) in [4.78, 5) is 13.0. The summed E-state index contributed by atoms with van der Waals surface area (Å²) in [5, 5.41) is 0. The van der Waals surface area contributed by atoms with Crippen molar-refractivity contribution in [3.05, 3.63) is 12.7 Å². The Balaban J connectivity index is 2.44. The third-order valence-corrected chi connectivity index (χ3v) is 2.02. The molecule has 1 aliphatic heterocycles. The van der Waals surface area contributed by atoms with E-state index >= 15 is 0 Å². The minimum absolute atomic E-state index is 0.246. The number of rotatable bonds is 3. The van der Waals surface area contributed by atoms with E-state index in [2.05, 4.69) is 11.5 Å². The molecule has 1 aliphatic rings. The van der Waals surface area contributed by atoms with E-state index in [9.17, 15) is 4.79 Å². The third kappa shape index (κ3) is 2.82. The Labute approximate surface area is 78.1 Å². The summed E-state index contributed by atoms with van der Waals surface area (Å²) in [5.74, 6) is -0.394. The molecule has 0 aromatic carbocycles. The fourth-order valence-corrected chi connectivity index (χ4v) is 1.27. The van der Waals surface area contributed by atoms with Crippen LogP contribution in [0.1, 0.15) is 6.92 Å². The van der Waals surface area contributed by atoms with Crippen molar-refractivity contribution in [3.63, 3.8) is 0 Å². The maximum absolute atomic E-state index is 10.9. The van der Waals surface area contributed by atoms with Crippen LogP contribution in [0.25, 0.3) is 0 Å². The van der Waals surface area contributed by atoms with Gasteiger partial charge in [-0.25, -0.2) is 4.79 Å². The Morgan fingerprint density at radius 2 is 2.62 bits per heavy atom. The predicted octanol–water partition coefficient (Wildman–Crippen LogP) is 0.394. The number of morpholine rings is 1. The van der Waals surface area contributed by atoms with Gasteiger partial charge in [-0.2, -0.15) is 0 Å². The van der Waals surface area contributed by atoms with E-state index in [-0.39, 0.29) is 6.23 Å². The fourth-order valence-electron chi connectivity index (χ4n) is 1.27. The molecule has 0 bridgehead atoms.